The van der Waals surface area contributed by atoms with Crippen molar-refractivity contribution >= 4 is 17.4 Å². The van der Waals surface area contributed by atoms with Crippen LogP contribution < -0.4 is 5.32 Å². The average Bonchev–Trinajstić information content (AvgIpc) is 2.23. The molecule has 1 aromatic heterocycles. The number of aromatic nitrogens is 2. The summed E-state index contributed by atoms with van der Waals surface area (Å²) in [6, 6.07) is 0. The summed E-state index contributed by atoms with van der Waals surface area (Å²) in [7, 11) is 0. The van der Waals surface area contributed by atoms with Crippen molar-refractivity contribution in [3.63, 3.8) is 0 Å². The van der Waals surface area contributed by atoms with Crippen molar-refractivity contribution in [3.8, 4) is 0 Å². The van der Waals surface area contributed by atoms with Crippen molar-refractivity contribution in [1.82, 2.24) is 9.97 Å². The van der Waals surface area contributed by atoms with Gasteiger partial charge in [0.05, 0.1) is 19.0 Å². The Kier molecular flexibility index (Phi) is 6.04. The summed E-state index contributed by atoms with van der Waals surface area (Å²) in [5.74, 6) is 0.682. The van der Waals surface area contributed by atoms with Gasteiger partial charge in [-0.15, -0.1) is 0 Å². The van der Waals surface area contributed by atoms with Gasteiger partial charge in [-0.3, -0.25) is 4.98 Å². The quantitative estimate of drug-likeness (QED) is 0.730. The maximum atomic E-state index is 5.68. The minimum atomic E-state index is 0.395. The van der Waals surface area contributed by atoms with Gasteiger partial charge in [0.15, 0.2) is 0 Å². The SMILES string of the molecule is CCCCOCCNc1cncc(Cl)n1. The summed E-state index contributed by atoms with van der Waals surface area (Å²) in [5, 5.41) is 3.47. The molecule has 0 radical (unpaired) electrons. The second kappa shape index (κ2) is 7.43. The smallest absolute Gasteiger partial charge is 0.149 e. The van der Waals surface area contributed by atoms with E-state index in [1.54, 1.807) is 6.20 Å². The number of unbranched alkanes of at least 4 members (excludes halogenated alkanes) is 1. The molecule has 0 aromatic carbocycles. The number of nitrogens with one attached hydrogen (secondary N) is 1. The molecule has 1 heterocycles. The summed E-state index contributed by atoms with van der Waals surface area (Å²) in [5.41, 5.74) is 0. The van der Waals surface area contributed by atoms with Crippen molar-refractivity contribution in [3.05, 3.63) is 17.5 Å². The first-order valence-electron chi connectivity index (χ1n) is 5.12. The molecule has 0 saturated heterocycles. The first-order chi connectivity index (χ1) is 7.33. The van der Waals surface area contributed by atoms with Crippen molar-refractivity contribution in [2.45, 2.75) is 19.8 Å². The predicted octanol–water partition coefficient (Wildman–Crippen LogP) is 2.36. The molecule has 1 aromatic rings. The lowest BCUT2D eigenvalue weighted by Crippen LogP contribution is -2.11. The second-order valence-electron chi connectivity index (χ2n) is 3.12. The monoisotopic (exact) mass is 229 g/mol. The van der Waals surface area contributed by atoms with Gasteiger partial charge in [0.25, 0.3) is 0 Å². The number of hydrogen-bond donors (Lipinski definition) is 1. The van der Waals surface area contributed by atoms with Crippen LogP contribution in [0.15, 0.2) is 12.4 Å². The Balaban J connectivity index is 2.10. The highest BCUT2D eigenvalue weighted by Gasteiger charge is 1.95. The molecule has 0 aliphatic carbocycles. The normalized spacial score (nSPS) is 10.3. The van der Waals surface area contributed by atoms with Gasteiger partial charge in [0, 0.05) is 13.2 Å². The molecule has 1 rings (SSSR count). The van der Waals surface area contributed by atoms with E-state index < -0.39 is 0 Å². The third kappa shape index (κ3) is 5.54. The Bertz CT molecular complexity index is 283. The molecule has 0 unspecified atom stereocenters. The van der Waals surface area contributed by atoms with Crippen LogP contribution in [0, 0.1) is 0 Å². The summed E-state index contributed by atoms with van der Waals surface area (Å²) >= 11 is 5.68. The van der Waals surface area contributed by atoms with E-state index >= 15 is 0 Å². The molecule has 0 bridgehead atoms. The molecule has 4 nitrogen and oxygen atoms in total. The molecule has 0 saturated carbocycles. The third-order valence-electron chi connectivity index (χ3n) is 1.80. The first-order valence-corrected chi connectivity index (χ1v) is 5.50. The van der Waals surface area contributed by atoms with Crippen molar-refractivity contribution < 1.29 is 4.74 Å². The van der Waals surface area contributed by atoms with E-state index in [0.29, 0.717) is 17.6 Å². The van der Waals surface area contributed by atoms with Gasteiger partial charge in [-0.1, -0.05) is 24.9 Å². The molecular weight excluding hydrogens is 214 g/mol. The zero-order chi connectivity index (χ0) is 10.9. The molecule has 1 N–H and O–H groups in total. The molecule has 0 fully saturated rings. The van der Waals surface area contributed by atoms with Crippen LogP contribution in [0.4, 0.5) is 5.82 Å². The number of hydrogen-bond acceptors (Lipinski definition) is 4. The number of nitrogens with zero attached hydrogens (tertiary/aromatic N) is 2. The standard InChI is InChI=1S/C10H16ClN3O/c1-2-3-5-15-6-4-13-10-8-12-7-9(11)14-10/h7-8H,2-6H2,1H3,(H,13,14). The van der Waals surface area contributed by atoms with Crippen LogP contribution in [-0.2, 0) is 4.74 Å². The van der Waals surface area contributed by atoms with Crippen LogP contribution in [0.25, 0.3) is 0 Å². The zero-order valence-corrected chi connectivity index (χ0v) is 9.63. The Morgan fingerprint density at radius 2 is 2.27 bits per heavy atom. The lowest BCUT2D eigenvalue weighted by Gasteiger charge is -2.05. The molecule has 0 amide bonds. The molecule has 0 spiro atoms. The Labute approximate surface area is 95.0 Å². The molecule has 5 heteroatoms. The lowest BCUT2D eigenvalue weighted by molar-refractivity contribution is 0.141. The highest BCUT2D eigenvalue weighted by Crippen LogP contribution is 2.05. The van der Waals surface area contributed by atoms with Gasteiger partial charge in [-0.05, 0) is 6.42 Å². The highest BCUT2D eigenvalue weighted by atomic mass is 35.5. The molecule has 0 atom stereocenters. The fraction of sp³-hybridized carbons (Fsp3) is 0.600. The van der Waals surface area contributed by atoms with Crippen LogP contribution in [0.3, 0.4) is 0 Å². The minimum absolute atomic E-state index is 0.395. The van der Waals surface area contributed by atoms with Gasteiger partial charge in [0.1, 0.15) is 11.0 Å². The summed E-state index contributed by atoms with van der Waals surface area (Å²) in [4.78, 5) is 7.96. The number of ether oxygens (including phenoxy) is 1. The summed E-state index contributed by atoms with van der Waals surface area (Å²) < 4.78 is 5.38. The van der Waals surface area contributed by atoms with E-state index in [4.69, 9.17) is 16.3 Å². The van der Waals surface area contributed by atoms with E-state index in [0.717, 1.165) is 26.0 Å². The van der Waals surface area contributed by atoms with Crippen LogP contribution >= 0.6 is 11.6 Å². The maximum absolute atomic E-state index is 5.68. The molecule has 0 aliphatic heterocycles. The fourth-order valence-electron chi connectivity index (χ4n) is 1.03. The van der Waals surface area contributed by atoms with Gasteiger partial charge in [-0.25, -0.2) is 4.98 Å². The van der Waals surface area contributed by atoms with Gasteiger partial charge >= 0.3 is 0 Å². The maximum Gasteiger partial charge on any atom is 0.149 e. The molecule has 0 aliphatic rings. The van der Waals surface area contributed by atoms with Crippen LogP contribution in [0.5, 0.6) is 0 Å². The Morgan fingerprint density at radius 1 is 1.40 bits per heavy atom. The lowest BCUT2D eigenvalue weighted by atomic mass is 10.4. The third-order valence-corrected chi connectivity index (χ3v) is 1.98. The van der Waals surface area contributed by atoms with E-state index in [1.165, 1.54) is 6.20 Å². The van der Waals surface area contributed by atoms with Crippen molar-refractivity contribution in [2.24, 2.45) is 0 Å². The number of halogens is 1. The highest BCUT2D eigenvalue weighted by molar-refractivity contribution is 6.29. The molecule has 15 heavy (non-hydrogen) atoms. The number of rotatable bonds is 7. The largest absolute Gasteiger partial charge is 0.380 e. The van der Waals surface area contributed by atoms with E-state index in [2.05, 4.69) is 22.2 Å². The van der Waals surface area contributed by atoms with Crippen LogP contribution in [0.2, 0.25) is 5.15 Å². The molecular formula is C10H16ClN3O. The topological polar surface area (TPSA) is 47.0 Å². The second-order valence-corrected chi connectivity index (χ2v) is 3.51. The minimum Gasteiger partial charge on any atom is -0.380 e. The summed E-state index contributed by atoms with van der Waals surface area (Å²) in [6.45, 7) is 4.36. The Morgan fingerprint density at radius 3 is 3.00 bits per heavy atom. The van der Waals surface area contributed by atoms with E-state index in [9.17, 15) is 0 Å². The first kappa shape index (κ1) is 12.2. The summed E-state index contributed by atoms with van der Waals surface area (Å²) in [6.07, 6.45) is 5.41. The van der Waals surface area contributed by atoms with Gasteiger partial charge in [-0.2, -0.15) is 0 Å². The van der Waals surface area contributed by atoms with Crippen LogP contribution in [0.1, 0.15) is 19.8 Å². The van der Waals surface area contributed by atoms with Crippen LogP contribution in [-0.4, -0.2) is 29.7 Å². The van der Waals surface area contributed by atoms with Gasteiger partial charge in [0.2, 0.25) is 0 Å². The van der Waals surface area contributed by atoms with E-state index in [1.807, 2.05) is 0 Å². The predicted molar refractivity (Wildman–Crippen MR) is 61.3 cm³/mol. The van der Waals surface area contributed by atoms with E-state index in [-0.39, 0.29) is 0 Å². The van der Waals surface area contributed by atoms with Gasteiger partial charge < -0.3 is 10.1 Å². The van der Waals surface area contributed by atoms with Crippen molar-refractivity contribution in [2.75, 3.05) is 25.1 Å². The number of anilines is 1. The fourth-order valence-corrected chi connectivity index (χ4v) is 1.17. The molecule has 84 valence electrons. The zero-order valence-electron chi connectivity index (χ0n) is 8.87. The Hall–Kier alpha value is -0.870. The average molecular weight is 230 g/mol. The van der Waals surface area contributed by atoms with Crippen molar-refractivity contribution in [1.29, 1.82) is 0 Å².